The number of hydrogen-bond acceptors (Lipinski definition) is 2. The minimum atomic E-state index is 0.707. The Morgan fingerprint density at radius 2 is 1.95 bits per heavy atom. The highest BCUT2D eigenvalue weighted by Crippen LogP contribution is 2.13. The Labute approximate surface area is 128 Å². The number of hydrogen-bond donors (Lipinski definition) is 1. The van der Waals surface area contributed by atoms with Gasteiger partial charge < -0.3 is 9.88 Å². The summed E-state index contributed by atoms with van der Waals surface area (Å²) in [6, 6.07) is 8.74. The minimum absolute atomic E-state index is 0.707. The van der Waals surface area contributed by atoms with Crippen molar-refractivity contribution in [3.8, 4) is 0 Å². The molecule has 3 heteroatoms. The van der Waals surface area contributed by atoms with Gasteiger partial charge in [-0.25, -0.2) is 4.98 Å². The lowest BCUT2D eigenvalue weighted by molar-refractivity contribution is 0.553. The number of aromatic nitrogens is 2. The molecule has 0 unspecified atom stereocenters. The van der Waals surface area contributed by atoms with Crippen molar-refractivity contribution >= 4 is 0 Å². The molecule has 114 valence electrons. The van der Waals surface area contributed by atoms with E-state index < -0.39 is 0 Å². The van der Waals surface area contributed by atoms with Crippen LogP contribution in [0.25, 0.3) is 0 Å². The lowest BCUT2D eigenvalue weighted by Crippen LogP contribution is -2.22. The standard InChI is InChI=1S/C18H27N3/c1-4-18-20-11-12-21(18)14-17-8-6-5-7-16(17)9-10-19-13-15(2)3/h5-8,11-12,15,19H,4,9-10,13-14H2,1-3H3. The highest BCUT2D eigenvalue weighted by atomic mass is 15.1. The highest BCUT2D eigenvalue weighted by molar-refractivity contribution is 5.28. The molecule has 3 nitrogen and oxygen atoms in total. The smallest absolute Gasteiger partial charge is 0.108 e. The number of nitrogens with zero attached hydrogens (tertiary/aromatic N) is 2. The minimum Gasteiger partial charge on any atom is -0.331 e. The average Bonchev–Trinajstić information content (AvgIpc) is 2.92. The molecule has 1 heterocycles. The van der Waals surface area contributed by atoms with Crippen molar-refractivity contribution in [2.24, 2.45) is 5.92 Å². The third-order valence-electron chi connectivity index (χ3n) is 3.70. The van der Waals surface area contributed by atoms with Gasteiger partial charge in [-0.3, -0.25) is 0 Å². The molecular weight excluding hydrogens is 258 g/mol. The maximum atomic E-state index is 4.41. The van der Waals surface area contributed by atoms with Crippen LogP contribution >= 0.6 is 0 Å². The van der Waals surface area contributed by atoms with Gasteiger partial charge in [0.1, 0.15) is 5.82 Å². The molecule has 1 N–H and O–H groups in total. The largest absolute Gasteiger partial charge is 0.331 e. The van der Waals surface area contributed by atoms with Crippen LogP contribution in [0.4, 0.5) is 0 Å². The van der Waals surface area contributed by atoms with Crippen LogP contribution in [0.3, 0.4) is 0 Å². The van der Waals surface area contributed by atoms with E-state index in [1.54, 1.807) is 0 Å². The molecule has 1 aromatic carbocycles. The van der Waals surface area contributed by atoms with Gasteiger partial charge in [-0.15, -0.1) is 0 Å². The van der Waals surface area contributed by atoms with Crippen molar-refractivity contribution in [2.75, 3.05) is 13.1 Å². The summed E-state index contributed by atoms with van der Waals surface area (Å²) in [5.41, 5.74) is 2.83. The van der Waals surface area contributed by atoms with Crippen LogP contribution in [0.5, 0.6) is 0 Å². The van der Waals surface area contributed by atoms with E-state index in [1.807, 2.05) is 6.20 Å². The zero-order chi connectivity index (χ0) is 15.1. The fourth-order valence-electron chi connectivity index (χ4n) is 2.55. The molecule has 0 aliphatic rings. The molecule has 0 saturated heterocycles. The summed E-state index contributed by atoms with van der Waals surface area (Å²) < 4.78 is 2.25. The second kappa shape index (κ2) is 7.99. The summed E-state index contributed by atoms with van der Waals surface area (Å²) in [4.78, 5) is 4.41. The summed E-state index contributed by atoms with van der Waals surface area (Å²) in [5, 5.41) is 3.52. The third-order valence-corrected chi connectivity index (χ3v) is 3.70. The molecule has 0 amide bonds. The predicted molar refractivity (Wildman–Crippen MR) is 88.6 cm³/mol. The molecule has 0 radical (unpaired) electrons. The van der Waals surface area contributed by atoms with Crippen molar-refractivity contribution in [1.82, 2.24) is 14.9 Å². The molecule has 0 atom stereocenters. The van der Waals surface area contributed by atoms with Gasteiger partial charge >= 0.3 is 0 Å². The lowest BCUT2D eigenvalue weighted by atomic mass is 10.0. The summed E-state index contributed by atoms with van der Waals surface area (Å²) >= 11 is 0. The Kier molecular flexibility index (Phi) is 6.00. The fourth-order valence-corrected chi connectivity index (χ4v) is 2.55. The molecular formula is C18H27N3. The van der Waals surface area contributed by atoms with Crippen molar-refractivity contribution in [2.45, 2.75) is 40.2 Å². The SMILES string of the molecule is CCc1nccn1Cc1ccccc1CCNCC(C)C. The Morgan fingerprint density at radius 3 is 2.67 bits per heavy atom. The third kappa shape index (κ3) is 4.71. The van der Waals surface area contributed by atoms with Crippen LogP contribution in [0.15, 0.2) is 36.7 Å². The molecule has 0 aliphatic carbocycles. The first kappa shape index (κ1) is 15.8. The molecule has 1 aromatic heterocycles. The lowest BCUT2D eigenvalue weighted by Gasteiger charge is -2.13. The van der Waals surface area contributed by atoms with Crippen molar-refractivity contribution < 1.29 is 0 Å². The summed E-state index contributed by atoms with van der Waals surface area (Å²) in [6.45, 7) is 9.69. The maximum absolute atomic E-state index is 4.41. The number of imidazole rings is 1. The quantitative estimate of drug-likeness (QED) is 0.754. The van der Waals surface area contributed by atoms with Crippen LogP contribution in [0.1, 0.15) is 37.7 Å². The topological polar surface area (TPSA) is 29.9 Å². The van der Waals surface area contributed by atoms with Gasteiger partial charge in [0.2, 0.25) is 0 Å². The molecule has 0 bridgehead atoms. The van der Waals surface area contributed by atoms with Gasteiger partial charge in [0.05, 0.1) is 0 Å². The normalized spacial score (nSPS) is 11.2. The second-order valence-electron chi connectivity index (χ2n) is 5.94. The van der Waals surface area contributed by atoms with Crippen molar-refractivity contribution in [3.05, 3.63) is 53.6 Å². The van der Waals surface area contributed by atoms with E-state index in [-0.39, 0.29) is 0 Å². The van der Waals surface area contributed by atoms with Gasteiger partial charge in [-0.1, -0.05) is 45.0 Å². The Bertz CT molecular complexity index is 543. The van der Waals surface area contributed by atoms with E-state index in [0.29, 0.717) is 5.92 Å². The van der Waals surface area contributed by atoms with E-state index in [0.717, 1.165) is 38.3 Å². The maximum Gasteiger partial charge on any atom is 0.108 e. The number of rotatable bonds is 8. The van der Waals surface area contributed by atoms with Crippen molar-refractivity contribution in [1.29, 1.82) is 0 Å². The first-order valence-corrected chi connectivity index (χ1v) is 7.98. The van der Waals surface area contributed by atoms with Crippen molar-refractivity contribution in [3.63, 3.8) is 0 Å². The van der Waals surface area contributed by atoms with Gasteiger partial charge in [-0.05, 0) is 36.6 Å². The molecule has 0 saturated carbocycles. The Hall–Kier alpha value is -1.61. The van der Waals surface area contributed by atoms with Crippen LogP contribution in [0, 0.1) is 5.92 Å². The van der Waals surface area contributed by atoms with Gasteiger partial charge in [0.15, 0.2) is 0 Å². The van der Waals surface area contributed by atoms with Crippen LogP contribution in [0.2, 0.25) is 0 Å². The zero-order valence-corrected chi connectivity index (χ0v) is 13.5. The monoisotopic (exact) mass is 285 g/mol. The predicted octanol–water partition coefficient (Wildman–Crippen LogP) is 3.28. The first-order chi connectivity index (χ1) is 10.2. The van der Waals surface area contributed by atoms with E-state index in [4.69, 9.17) is 0 Å². The Balaban J connectivity index is 2.00. The van der Waals surface area contributed by atoms with Crippen LogP contribution in [-0.4, -0.2) is 22.6 Å². The number of aryl methyl sites for hydroxylation is 1. The molecule has 2 aromatic rings. The number of nitrogens with one attached hydrogen (secondary N) is 1. The van der Waals surface area contributed by atoms with E-state index >= 15 is 0 Å². The molecule has 0 spiro atoms. The molecule has 2 rings (SSSR count). The Morgan fingerprint density at radius 1 is 1.19 bits per heavy atom. The summed E-state index contributed by atoms with van der Waals surface area (Å²) in [5.74, 6) is 1.86. The van der Waals surface area contributed by atoms with Gasteiger partial charge in [0, 0.05) is 25.4 Å². The van der Waals surface area contributed by atoms with Crippen LogP contribution < -0.4 is 5.32 Å². The summed E-state index contributed by atoms with van der Waals surface area (Å²) in [6.07, 6.45) is 6.03. The van der Waals surface area contributed by atoms with E-state index in [2.05, 4.69) is 66.1 Å². The molecule has 0 aliphatic heterocycles. The summed E-state index contributed by atoms with van der Waals surface area (Å²) in [7, 11) is 0. The second-order valence-corrected chi connectivity index (χ2v) is 5.94. The van der Waals surface area contributed by atoms with Gasteiger partial charge in [-0.2, -0.15) is 0 Å². The fraction of sp³-hybridized carbons (Fsp3) is 0.500. The van der Waals surface area contributed by atoms with Gasteiger partial charge in [0.25, 0.3) is 0 Å². The van der Waals surface area contributed by atoms with Crippen LogP contribution in [-0.2, 0) is 19.4 Å². The molecule has 21 heavy (non-hydrogen) atoms. The van der Waals surface area contributed by atoms with E-state index in [1.165, 1.54) is 11.1 Å². The first-order valence-electron chi connectivity index (χ1n) is 7.98. The zero-order valence-electron chi connectivity index (χ0n) is 13.5. The average molecular weight is 285 g/mol. The molecule has 0 fully saturated rings. The van der Waals surface area contributed by atoms with E-state index in [9.17, 15) is 0 Å². The highest BCUT2D eigenvalue weighted by Gasteiger charge is 2.05. The number of benzene rings is 1.